The van der Waals surface area contributed by atoms with Gasteiger partial charge in [0.05, 0.1) is 0 Å². The predicted octanol–water partition coefficient (Wildman–Crippen LogP) is 5.78. The first-order valence-electron chi connectivity index (χ1n) is 17.4. The number of likely N-dealkylation sites (tertiary alicyclic amines) is 1. The monoisotopic (exact) mass is 678 g/mol. The number of carbonyl (C=O) groups is 3. The molecule has 258 valence electrons. The number of amides is 3. The highest BCUT2D eigenvalue weighted by Crippen LogP contribution is 2.34. The Morgan fingerprint density at radius 2 is 1.73 bits per heavy atom. The molecule has 6 rings (SSSR count). The van der Waals surface area contributed by atoms with Crippen LogP contribution in [0.2, 0.25) is 5.02 Å². The van der Waals surface area contributed by atoms with E-state index in [2.05, 4.69) is 20.9 Å². The van der Waals surface area contributed by atoms with Crippen LogP contribution in [-0.4, -0.2) is 73.8 Å². The number of nitrogens with one attached hydrogen (secondary N) is 3. The molecular weight excluding hydrogens is 632 g/mol. The number of hydrogen-bond acceptors (Lipinski definition) is 7. The van der Waals surface area contributed by atoms with E-state index in [1.54, 1.807) is 25.1 Å². The number of piperidine rings is 1. The van der Waals surface area contributed by atoms with Crippen molar-refractivity contribution in [3.8, 4) is 5.95 Å². The number of aryl methyl sites for hydroxylation is 1. The van der Waals surface area contributed by atoms with Crippen LogP contribution in [0.4, 0.5) is 4.79 Å². The molecule has 0 bridgehead atoms. The summed E-state index contributed by atoms with van der Waals surface area (Å²) in [5.74, 6) is 0.551. The second-order valence-electron chi connectivity index (χ2n) is 13.7. The number of furan rings is 1. The van der Waals surface area contributed by atoms with E-state index in [9.17, 15) is 14.4 Å². The highest BCUT2D eigenvalue weighted by molar-refractivity contribution is 6.31. The molecule has 10 nitrogen and oxygen atoms in total. The van der Waals surface area contributed by atoms with E-state index in [1.807, 2.05) is 30.3 Å². The first-order valence-corrected chi connectivity index (χ1v) is 17.8. The topological polar surface area (TPSA) is 122 Å². The van der Waals surface area contributed by atoms with E-state index in [1.165, 1.54) is 0 Å². The van der Waals surface area contributed by atoms with Crippen LogP contribution in [0.5, 0.6) is 5.95 Å². The van der Waals surface area contributed by atoms with Gasteiger partial charge in [0.2, 0.25) is 11.8 Å². The third-order valence-corrected chi connectivity index (χ3v) is 10.5. The summed E-state index contributed by atoms with van der Waals surface area (Å²) in [4.78, 5) is 43.5. The molecule has 2 aliphatic heterocycles. The molecule has 2 aromatic carbocycles. The molecule has 1 aliphatic carbocycles. The fourth-order valence-electron chi connectivity index (χ4n) is 7.35. The van der Waals surface area contributed by atoms with Gasteiger partial charge >= 0.3 is 6.09 Å². The van der Waals surface area contributed by atoms with E-state index < -0.39 is 17.7 Å². The molecule has 3 heterocycles. The van der Waals surface area contributed by atoms with Crippen molar-refractivity contribution in [3.05, 3.63) is 64.7 Å². The number of hydrogen-bond donors (Lipinski definition) is 3. The Morgan fingerprint density at radius 3 is 2.46 bits per heavy atom. The Labute approximate surface area is 287 Å². The normalized spacial score (nSPS) is 19.5. The first-order chi connectivity index (χ1) is 23.3. The summed E-state index contributed by atoms with van der Waals surface area (Å²) in [6.45, 7) is 7.29. The van der Waals surface area contributed by atoms with Gasteiger partial charge in [0, 0.05) is 48.7 Å². The van der Waals surface area contributed by atoms with Gasteiger partial charge < -0.3 is 34.7 Å². The van der Waals surface area contributed by atoms with Crippen molar-refractivity contribution in [2.75, 3.05) is 39.4 Å². The average molecular weight is 679 g/mol. The van der Waals surface area contributed by atoms with Gasteiger partial charge in [-0.15, -0.1) is 0 Å². The number of ether oxygens (including phenoxy) is 2. The second kappa shape index (κ2) is 15.7. The molecule has 1 aromatic heterocycles. The highest BCUT2D eigenvalue weighted by atomic mass is 35.5. The van der Waals surface area contributed by atoms with Crippen LogP contribution in [0.25, 0.3) is 11.0 Å². The van der Waals surface area contributed by atoms with Crippen LogP contribution in [0.3, 0.4) is 0 Å². The van der Waals surface area contributed by atoms with E-state index in [0.717, 1.165) is 82.3 Å². The van der Waals surface area contributed by atoms with Crippen LogP contribution in [0.1, 0.15) is 62.5 Å². The zero-order valence-corrected chi connectivity index (χ0v) is 28.5. The van der Waals surface area contributed by atoms with Crippen LogP contribution in [0, 0.1) is 18.8 Å². The Bertz CT molecular complexity index is 1560. The quantitative estimate of drug-likeness (QED) is 0.235. The lowest BCUT2D eigenvalue weighted by molar-refractivity contribution is -0.132. The van der Waals surface area contributed by atoms with Crippen molar-refractivity contribution in [2.24, 2.45) is 11.8 Å². The lowest BCUT2D eigenvalue weighted by Crippen LogP contribution is -2.61. The Hall–Kier alpha value is -3.60. The summed E-state index contributed by atoms with van der Waals surface area (Å²) in [7, 11) is 0. The maximum absolute atomic E-state index is 14.0. The largest absolute Gasteiger partial charge is 0.425 e. The third kappa shape index (κ3) is 8.51. The number of carbonyl (C=O) groups excluding carboxylic acids is 3. The molecule has 48 heavy (non-hydrogen) atoms. The number of halogens is 1. The fourth-order valence-corrected chi connectivity index (χ4v) is 7.52. The molecule has 1 atom stereocenters. The van der Waals surface area contributed by atoms with Crippen molar-refractivity contribution >= 4 is 40.5 Å². The van der Waals surface area contributed by atoms with Gasteiger partial charge in [-0.3, -0.25) is 9.59 Å². The molecule has 1 unspecified atom stereocenters. The first kappa shape index (κ1) is 34.3. The standard InChI is InChI=1S/C37H47ClN4O6/c1-25-30-22-29(38)9-10-32(30)47-34(25)48-36(45)41-37(15-5-6-16-37)35(44)40-31(21-26-7-3-2-4-8-26)33(43)39-23-27-11-17-42(18-12-27)24-28-13-19-46-20-14-28/h2-4,7-10,22,27-28,31H,5-6,11-21,23-24H2,1H3,(H,39,43)(H,40,44)(H,41,45). The summed E-state index contributed by atoms with van der Waals surface area (Å²) in [5.41, 5.74) is 0.917. The van der Waals surface area contributed by atoms with Crippen molar-refractivity contribution in [1.82, 2.24) is 20.9 Å². The molecule has 1 saturated carbocycles. The summed E-state index contributed by atoms with van der Waals surface area (Å²) < 4.78 is 16.9. The molecule has 2 saturated heterocycles. The molecular formula is C37H47ClN4O6. The Kier molecular flexibility index (Phi) is 11.2. The highest BCUT2D eigenvalue weighted by Gasteiger charge is 2.44. The van der Waals surface area contributed by atoms with Crippen molar-refractivity contribution in [2.45, 2.75) is 76.3 Å². The summed E-state index contributed by atoms with van der Waals surface area (Å²) in [6, 6.07) is 14.0. The van der Waals surface area contributed by atoms with Gasteiger partial charge in [0.25, 0.3) is 5.95 Å². The lowest BCUT2D eigenvalue weighted by Gasteiger charge is -2.35. The summed E-state index contributed by atoms with van der Waals surface area (Å²) in [5, 5.41) is 10.3. The molecule has 3 aromatic rings. The minimum absolute atomic E-state index is 0.0501. The van der Waals surface area contributed by atoms with E-state index >= 15 is 0 Å². The third-order valence-electron chi connectivity index (χ3n) is 10.3. The zero-order valence-electron chi connectivity index (χ0n) is 27.7. The number of fused-ring (bicyclic) bond motifs is 1. The van der Waals surface area contributed by atoms with E-state index in [4.69, 9.17) is 25.5 Å². The van der Waals surface area contributed by atoms with Crippen LogP contribution in [-0.2, 0) is 20.7 Å². The fraction of sp³-hybridized carbons (Fsp3) is 0.541. The maximum atomic E-state index is 14.0. The second-order valence-corrected chi connectivity index (χ2v) is 14.2. The maximum Gasteiger partial charge on any atom is 0.415 e. The van der Waals surface area contributed by atoms with E-state index in [0.29, 0.717) is 53.8 Å². The minimum Gasteiger partial charge on any atom is -0.425 e. The number of benzene rings is 2. The molecule has 3 N–H and O–H groups in total. The van der Waals surface area contributed by atoms with Crippen molar-refractivity contribution < 1.29 is 28.3 Å². The molecule has 0 radical (unpaired) electrons. The van der Waals surface area contributed by atoms with E-state index in [-0.39, 0.29) is 17.8 Å². The SMILES string of the molecule is Cc1c(OC(=O)NC2(C(=O)NC(Cc3ccccc3)C(=O)NCC3CCN(CC4CCOCC4)CC3)CCCC2)oc2ccc(Cl)cc12. The zero-order chi connectivity index (χ0) is 33.5. The van der Waals surface area contributed by atoms with Crippen LogP contribution < -0.4 is 20.7 Å². The van der Waals surface area contributed by atoms with Gasteiger partial charge in [0.15, 0.2) is 0 Å². The summed E-state index contributed by atoms with van der Waals surface area (Å²) >= 11 is 6.14. The van der Waals surface area contributed by atoms with Gasteiger partial charge in [-0.2, -0.15) is 0 Å². The van der Waals surface area contributed by atoms with Crippen molar-refractivity contribution in [1.29, 1.82) is 0 Å². The van der Waals surface area contributed by atoms with Crippen molar-refractivity contribution in [3.63, 3.8) is 0 Å². The number of nitrogens with zero attached hydrogens (tertiary/aromatic N) is 1. The Morgan fingerprint density at radius 1 is 1.00 bits per heavy atom. The number of rotatable bonds is 11. The van der Waals surface area contributed by atoms with Gasteiger partial charge in [-0.05, 0) is 94.1 Å². The van der Waals surface area contributed by atoms with Crippen LogP contribution >= 0.6 is 11.6 Å². The molecule has 0 spiro atoms. The predicted molar refractivity (Wildman–Crippen MR) is 184 cm³/mol. The Balaban J connectivity index is 1.07. The minimum atomic E-state index is -1.20. The van der Waals surface area contributed by atoms with Crippen LogP contribution in [0.15, 0.2) is 52.9 Å². The molecule has 3 aliphatic rings. The molecule has 11 heteroatoms. The van der Waals surface area contributed by atoms with Gasteiger partial charge in [0.1, 0.15) is 17.2 Å². The lowest BCUT2D eigenvalue weighted by atomic mass is 9.93. The summed E-state index contributed by atoms with van der Waals surface area (Å²) in [6.07, 6.45) is 6.30. The molecule has 3 fully saturated rings. The smallest absolute Gasteiger partial charge is 0.415 e. The van der Waals surface area contributed by atoms with Gasteiger partial charge in [-0.1, -0.05) is 54.8 Å². The molecule has 3 amide bonds. The van der Waals surface area contributed by atoms with Gasteiger partial charge in [-0.25, -0.2) is 4.79 Å². The average Bonchev–Trinajstić information content (AvgIpc) is 3.69.